The molecule has 0 aliphatic carbocycles. The molecule has 1 amide bonds. The van der Waals surface area contributed by atoms with Crippen LogP contribution in [-0.4, -0.2) is 35.9 Å². The lowest BCUT2D eigenvalue weighted by Gasteiger charge is -2.26. The Labute approximate surface area is 117 Å². The van der Waals surface area contributed by atoms with Crippen LogP contribution in [0, 0.1) is 6.92 Å². The number of amides is 1. The van der Waals surface area contributed by atoms with Crippen LogP contribution in [0.3, 0.4) is 0 Å². The molecule has 1 aliphatic rings. The smallest absolute Gasteiger partial charge is 0.252 e. The summed E-state index contributed by atoms with van der Waals surface area (Å²) in [4.78, 5) is 12.0. The summed E-state index contributed by atoms with van der Waals surface area (Å²) in [5, 5.41) is 13.4. The fraction of sp³-hybridized carbons (Fsp3) is 0.500. The molecule has 0 aromatic heterocycles. The van der Waals surface area contributed by atoms with E-state index < -0.39 is 5.60 Å². The molecule has 0 bridgehead atoms. The Morgan fingerprint density at radius 1 is 1.63 bits per heavy atom. The average molecular weight is 284 g/mol. The number of rotatable bonds is 3. The molecule has 2 unspecified atom stereocenters. The first kappa shape index (κ1) is 14.3. The lowest BCUT2D eigenvalue weighted by molar-refractivity contribution is -0.0251. The van der Waals surface area contributed by atoms with Crippen molar-refractivity contribution in [1.82, 2.24) is 5.32 Å². The molecule has 4 nitrogen and oxygen atoms in total. The van der Waals surface area contributed by atoms with E-state index in [0.29, 0.717) is 23.6 Å². The normalized spacial score (nSPS) is 26.4. The van der Waals surface area contributed by atoms with Crippen LogP contribution in [0.1, 0.15) is 29.3 Å². The summed E-state index contributed by atoms with van der Waals surface area (Å²) in [6, 6.07) is 5.26. The zero-order valence-electron chi connectivity index (χ0n) is 11.1. The summed E-state index contributed by atoms with van der Waals surface area (Å²) in [6.45, 7) is 4.39. The number of aliphatic hydroxyl groups is 1. The highest BCUT2D eigenvalue weighted by molar-refractivity contribution is 6.33. The van der Waals surface area contributed by atoms with Crippen molar-refractivity contribution < 1.29 is 14.6 Å². The van der Waals surface area contributed by atoms with Crippen molar-refractivity contribution in [2.24, 2.45) is 0 Å². The van der Waals surface area contributed by atoms with E-state index in [1.165, 1.54) is 0 Å². The van der Waals surface area contributed by atoms with Gasteiger partial charge in [-0.25, -0.2) is 0 Å². The molecular weight excluding hydrogens is 266 g/mol. The molecule has 2 rings (SSSR count). The van der Waals surface area contributed by atoms with Crippen molar-refractivity contribution >= 4 is 17.5 Å². The van der Waals surface area contributed by atoms with E-state index in [4.69, 9.17) is 16.3 Å². The number of nitrogens with one attached hydrogen (secondary N) is 1. The summed E-state index contributed by atoms with van der Waals surface area (Å²) in [7, 11) is 0. The maximum atomic E-state index is 12.0. The molecule has 0 spiro atoms. The Kier molecular flexibility index (Phi) is 4.13. The number of halogens is 1. The topological polar surface area (TPSA) is 58.6 Å². The largest absolute Gasteiger partial charge is 0.385 e. The second-order valence-electron chi connectivity index (χ2n) is 5.03. The number of hydrogen-bond donors (Lipinski definition) is 2. The number of hydrogen-bond acceptors (Lipinski definition) is 3. The van der Waals surface area contributed by atoms with Crippen LogP contribution in [0.4, 0.5) is 0 Å². The molecule has 1 fully saturated rings. The Morgan fingerprint density at radius 2 is 2.37 bits per heavy atom. The van der Waals surface area contributed by atoms with Gasteiger partial charge in [-0.3, -0.25) is 4.79 Å². The fourth-order valence-electron chi connectivity index (χ4n) is 2.14. The molecular formula is C14H18ClNO3. The maximum Gasteiger partial charge on any atom is 0.252 e. The summed E-state index contributed by atoms with van der Waals surface area (Å²) in [5.41, 5.74) is 0.424. The lowest BCUT2D eigenvalue weighted by atomic mass is 9.96. The second-order valence-corrected chi connectivity index (χ2v) is 5.44. The molecule has 0 radical (unpaired) electrons. The van der Waals surface area contributed by atoms with Crippen molar-refractivity contribution in [2.75, 3.05) is 13.2 Å². The third kappa shape index (κ3) is 3.08. The van der Waals surface area contributed by atoms with E-state index in [-0.39, 0.29) is 18.6 Å². The van der Waals surface area contributed by atoms with E-state index in [0.717, 1.165) is 5.56 Å². The van der Waals surface area contributed by atoms with Crippen LogP contribution in [0.5, 0.6) is 0 Å². The molecule has 1 aliphatic heterocycles. The van der Waals surface area contributed by atoms with Crippen molar-refractivity contribution in [3.05, 3.63) is 34.3 Å². The van der Waals surface area contributed by atoms with Crippen molar-refractivity contribution in [1.29, 1.82) is 0 Å². The molecule has 1 heterocycles. The van der Waals surface area contributed by atoms with Crippen LogP contribution in [0.15, 0.2) is 18.2 Å². The van der Waals surface area contributed by atoms with Gasteiger partial charge in [0.25, 0.3) is 5.91 Å². The van der Waals surface area contributed by atoms with Gasteiger partial charge in [0.15, 0.2) is 0 Å². The predicted molar refractivity (Wildman–Crippen MR) is 73.5 cm³/mol. The molecule has 5 heteroatoms. The van der Waals surface area contributed by atoms with Gasteiger partial charge in [-0.1, -0.05) is 17.7 Å². The summed E-state index contributed by atoms with van der Waals surface area (Å²) in [6.07, 6.45) is 0.247. The molecule has 1 saturated heterocycles. The van der Waals surface area contributed by atoms with E-state index in [1.54, 1.807) is 19.1 Å². The number of aryl methyl sites for hydroxylation is 1. The number of benzene rings is 1. The van der Waals surface area contributed by atoms with E-state index in [9.17, 15) is 9.90 Å². The molecule has 104 valence electrons. The van der Waals surface area contributed by atoms with Gasteiger partial charge in [0, 0.05) is 19.6 Å². The van der Waals surface area contributed by atoms with E-state index in [2.05, 4.69) is 5.32 Å². The maximum absolute atomic E-state index is 12.0. The van der Waals surface area contributed by atoms with Gasteiger partial charge in [-0.05, 0) is 31.5 Å². The van der Waals surface area contributed by atoms with Gasteiger partial charge in [-0.15, -0.1) is 0 Å². The van der Waals surface area contributed by atoms with Gasteiger partial charge in [0.05, 0.1) is 16.7 Å². The van der Waals surface area contributed by atoms with Crippen LogP contribution in [0.2, 0.25) is 5.02 Å². The molecule has 19 heavy (non-hydrogen) atoms. The monoisotopic (exact) mass is 283 g/mol. The second kappa shape index (κ2) is 5.49. The average Bonchev–Trinajstić information content (AvgIpc) is 2.67. The van der Waals surface area contributed by atoms with Crippen LogP contribution in [0.25, 0.3) is 0 Å². The number of ether oxygens (including phenoxy) is 1. The number of carbonyl (C=O) groups is 1. The fourth-order valence-corrected chi connectivity index (χ4v) is 2.46. The minimum absolute atomic E-state index is 0.164. The van der Waals surface area contributed by atoms with Crippen molar-refractivity contribution in [2.45, 2.75) is 32.0 Å². The highest BCUT2D eigenvalue weighted by atomic mass is 35.5. The Bertz CT molecular complexity index is 492. The highest BCUT2D eigenvalue weighted by Crippen LogP contribution is 2.25. The Morgan fingerprint density at radius 3 is 2.95 bits per heavy atom. The summed E-state index contributed by atoms with van der Waals surface area (Å²) < 4.78 is 5.32. The lowest BCUT2D eigenvalue weighted by Crippen LogP contribution is -2.47. The third-order valence-electron chi connectivity index (χ3n) is 3.58. The van der Waals surface area contributed by atoms with Crippen LogP contribution >= 0.6 is 11.6 Å². The van der Waals surface area contributed by atoms with E-state index in [1.807, 2.05) is 13.0 Å². The Balaban J connectivity index is 2.02. The standard InChI is InChI=1S/C14H18ClNO3/c1-9-3-4-11(12(15)7-9)13(17)16-8-14(18)5-6-19-10(14)2/h3-4,7,10,18H,5-6,8H2,1-2H3,(H,16,17). The zero-order valence-corrected chi connectivity index (χ0v) is 11.8. The van der Waals surface area contributed by atoms with Gasteiger partial charge in [0.1, 0.15) is 5.60 Å². The zero-order chi connectivity index (χ0) is 14.0. The predicted octanol–water partition coefficient (Wildman–Crippen LogP) is 1.92. The van der Waals surface area contributed by atoms with E-state index >= 15 is 0 Å². The van der Waals surface area contributed by atoms with Gasteiger partial charge < -0.3 is 15.2 Å². The Hall–Kier alpha value is -1.10. The minimum Gasteiger partial charge on any atom is -0.385 e. The first-order chi connectivity index (χ1) is 8.92. The number of carbonyl (C=O) groups excluding carboxylic acids is 1. The quantitative estimate of drug-likeness (QED) is 0.891. The highest BCUT2D eigenvalue weighted by Gasteiger charge is 2.39. The van der Waals surface area contributed by atoms with Gasteiger partial charge >= 0.3 is 0 Å². The van der Waals surface area contributed by atoms with Crippen molar-refractivity contribution in [3.8, 4) is 0 Å². The first-order valence-electron chi connectivity index (χ1n) is 6.31. The molecule has 2 N–H and O–H groups in total. The van der Waals surface area contributed by atoms with Crippen LogP contribution in [-0.2, 0) is 4.74 Å². The molecule has 2 atom stereocenters. The molecule has 1 aromatic carbocycles. The SMILES string of the molecule is Cc1ccc(C(=O)NCC2(O)CCOC2C)c(Cl)c1. The van der Waals surface area contributed by atoms with Gasteiger partial charge in [-0.2, -0.15) is 0 Å². The summed E-state index contributed by atoms with van der Waals surface area (Å²) >= 11 is 6.04. The molecule has 1 aromatic rings. The summed E-state index contributed by atoms with van der Waals surface area (Å²) in [5.74, 6) is -0.280. The first-order valence-corrected chi connectivity index (χ1v) is 6.68. The van der Waals surface area contributed by atoms with Crippen molar-refractivity contribution in [3.63, 3.8) is 0 Å². The van der Waals surface area contributed by atoms with Gasteiger partial charge in [0.2, 0.25) is 0 Å². The minimum atomic E-state index is -0.993. The molecule has 0 saturated carbocycles. The third-order valence-corrected chi connectivity index (χ3v) is 3.90. The van der Waals surface area contributed by atoms with Crippen LogP contribution < -0.4 is 5.32 Å².